The molecule has 0 radical (unpaired) electrons. The normalized spacial score (nSPS) is 16.7. The van der Waals surface area contributed by atoms with Crippen LogP contribution in [0, 0.1) is 6.92 Å². The maximum absolute atomic E-state index is 12.6. The van der Waals surface area contributed by atoms with Crippen LogP contribution in [-0.4, -0.2) is 36.6 Å². The number of anilines is 1. The lowest BCUT2D eigenvalue weighted by Gasteiger charge is -2.22. The first-order valence-corrected chi connectivity index (χ1v) is 9.88. The third-order valence-corrected chi connectivity index (χ3v) is 5.30. The Labute approximate surface area is 161 Å². The van der Waals surface area contributed by atoms with Gasteiger partial charge in [0.05, 0.1) is 16.4 Å². The Morgan fingerprint density at radius 2 is 2.26 bits per heavy atom. The topological polar surface area (TPSA) is 54.5 Å². The molecule has 1 fully saturated rings. The zero-order valence-corrected chi connectivity index (χ0v) is 16.0. The molecule has 0 bridgehead atoms. The van der Waals surface area contributed by atoms with Gasteiger partial charge in [-0.3, -0.25) is 4.79 Å². The second-order valence-corrected chi connectivity index (χ2v) is 7.62. The Morgan fingerprint density at radius 3 is 3.00 bits per heavy atom. The molecule has 1 aliphatic heterocycles. The molecule has 5 nitrogen and oxygen atoms in total. The molecule has 2 heterocycles. The van der Waals surface area contributed by atoms with E-state index in [0.29, 0.717) is 25.2 Å². The number of carbonyl (C=O) groups is 1. The lowest BCUT2D eigenvalue weighted by Crippen LogP contribution is -2.37. The molecule has 1 aliphatic rings. The smallest absolute Gasteiger partial charge is 0.387 e. The fourth-order valence-electron chi connectivity index (χ4n) is 3.26. The van der Waals surface area contributed by atoms with Gasteiger partial charge in [0.25, 0.3) is 0 Å². The molecule has 8 heteroatoms. The third-order valence-electron chi connectivity index (χ3n) is 4.48. The predicted octanol–water partition coefficient (Wildman–Crippen LogP) is 3.77. The van der Waals surface area contributed by atoms with Gasteiger partial charge in [0.2, 0.25) is 5.91 Å². The zero-order chi connectivity index (χ0) is 19.2. The number of aromatic nitrogens is 1. The van der Waals surface area contributed by atoms with E-state index in [9.17, 15) is 13.6 Å². The number of aryl methyl sites for hydroxylation is 2. The summed E-state index contributed by atoms with van der Waals surface area (Å²) in [5, 5.41) is 6.11. The van der Waals surface area contributed by atoms with E-state index in [2.05, 4.69) is 15.0 Å². The van der Waals surface area contributed by atoms with Crippen LogP contribution in [0.5, 0.6) is 5.75 Å². The molecule has 3 rings (SSSR count). The van der Waals surface area contributed by atoms with Gasteiger partial charge in [0.1, 0.15) is 5.75 Å². The molecule has 1 saturated heterocycles. The molecular weight excluding hydrogens is 372 g/mol. The number of nitrogens with zero attached hydrogens (tertiary/aromatic N) is 2. The van der Waals surface area contributed by atoms with Gasteiger partial charge in [-0.2, -0.15) is 8.78 Å². The van der Waals surface area contributed by atoms with Crippen molar-refractivity contribution in [3.63, 3.8) is 0 Å². The molecule has 1 amide bonds. The molecule has 1 aromatic carbocycles. The minimum Gasteiger partial charge on any atom is -0.433 e. The van der Waals surface area contributed by atoms with Crippen LogP contribution in [0.2, 0.25) is 0 Å². The van der Waals surface area contributed by atoms with Crippen LogP contribution >= 0.6 is 11.3 Å². The van der Waals surface area contributed by atoms with Crippen molar-refractivity contribution >= 4 is 22.9 Å². The molecule has 27 heavy (non-hydrogen) atoms. The predicted molar refractivity (Wildman–Crippen MR) is 102 cm³/mol. The van der Waals surface area contributed by atoms with Crippen LogP contribution in [0.25, 0.3) is 0 Å². The Balaban J connectivity index is 1.46. The quantitative estimate of drug-likeness (QED) is 0.739. The Kier molecular flexibility index (Phi) is 6.60. The van der Waals surface area contributed by atoms with Crippen LogP contribution < -0.4 is 15.0 Å². The molecule has 0 unspecified atom stereocenters. The van der Waals surface area contributed by atoms with Crippen molar-refractivity contribution in [2.24, 2.45) is 0 Å². The summed E-state index contributed by atoms with van der Waals surface area (Å²) in [7, 11) is 0. The Hall–Kier alpha value is -2.22. The van der Waals surface area contributed by atoms with E-state index in [-0.39, 0.29) is 17.7 Å². The van der Waals surface area contributed by atoms with Crippen molar-refractivity contribution in [3.8, 4) is 5.75 Å². The molecule has 1 atom stereocenters. The SMILES string of the molecule is Cc1nc(CCCC(=O)N[C@H]2CCN(c3ccccc3OC(F)F)C2)cs1. The first-order valence-electron chi connectivity index (χ1n) is 9.00. The number of rotatable bonds is 8. The first kappa shape index (κ1) is 19.5. The highest BCUT2D eigenvalue weighted by molar-refractivity contribution is 7.09. The summed E-state index contributed by atoms with van der Waals surface area (Å²) < 4.78 is 29.8. The van der Waals surface area contributed by atoms with E-state index in [1.807, 2.05) is 17.2 Å². The third kappa shape index (κ3) is 5.63. The standard InChI is InChI=1S/C19H23F2N3O2S/c1-13-22-15(12-27-13)5-4-8-18(25)23-14-9-10-24(11-14)16-6-2-3-7-17(16)26-19(20)21/h2-3,6-7,12,14,19H,4-5,8-11H2,1H3,(H,23,25)/t14-/m0/s1. The van der Waals surface area contributed by atoms with Gasteiger partial charge in [-0.15, -0.1) is 11.3 Å². The summed E-state index contributed by atoms with van der Waals surface area (Å²) in [6.45, 7) is 0.385. The largest absolute Gasteiger partial charge is 0.433 e. The molecule has 0 saturated carbocycles. The zero-order valence-electron chi connectivity index (χ0n) is 15.2. The van der Waals surface area contributed by atoms with Crippen LogP contribution in [0.3, 0.4) is 0 Å². The number of thiazole rings is 1. The maximum Gasteiger partial charge on any atom is 0.387 e. The monoisotopic (exact) mass is 395 g/mol. The molecule has 1 N–H and O–H groups in total. The van der Waals surface area contributed by atoms with Gasteiger partial charge < -0.3 is 15.0 Å². The highest BCUT2D eigenvalue weighted by Crippen LogP contribution is 2.31. The number of carbonyl (C=O) groups excluding carboxylic acids is 1. The maximum atomic E-state index is 12.6. The van der Waals surface area contributed by atoms with E-state index >= 15 is 0 Å². The molecule has 146 valence electrons. The lowest BCUT2D eigenvalue weighted by molar-refractivity contribution is -0.121. The van der Waals surface area contributed by atoms with Crippen molar-refractivity contribution < 1.29 is 18.3 Å². The number of hydrogen-bond donors (Lipinski definition) is 1. The number of nitrogens with one attached hydrogen (secondary N) is 1. The van der Waals surface area contributed by atoms with Gasteiger partial charge in [-0.1, -0.05) is 12.1 Å². The average molecular weight is 395 g/mol. The summed E-state index contributed by atoms with van der Waals surface area (Å²) in [6, 6.07) is 6.77. The van der Waals surface area contributed by atoms with Crippen LogP contribution in [0.4, 0.5) is 14.5 Å². The number of alkyl halides is 2. The van der Waals surface area contributed by atoms with Crippen molar-refractivity contribution in [3.05, 3.63) is 40.3 Å². The summed E-state index contributed by atoms with van der Waals surface area (Å²) >= 11 is 1.62. The number of ether oxygens (including phenoxy) is 1. The Morgan fingerprint density at radius 1 is 1.44 bits per heavy atom. The van der Waals surface area contributed by atoms with Crippen molar-refractivity contribution in [1.29, 1.82) is 0 Å². The minimum atomic E-state index is -2.86. The Bertz CT molecular complexity index is 769. The average Bonchev–Trinajstić information content (AvgIpc) is 3.24. The van der Waals surface area contributed by atoms with Crippen molar-refractivity contribution in [2.75, 3.05) is 18.0 Å². The van der Waals surface area contributed by atoms with E-state index in [4.69, 9.17) is 0 Å². The molecule has 2 aromatic rings. The van der Waals surface area contributed by atoms with Gasteiger partial charge in [-0.05, 0) is 38.3 Å². The second-order valence-electron chi connectivity index (χ2n) is 6.56. The minimum absolute atomic E-state index is 0.0126. The fraction of sp³-hybridized carbons (Fsp3) is 0.474. The van der Waals surface area contributed by atoms with E-state index < -0.39 is 6.61 Å². The first-order chi connectivity index (χ1) is 13.0. The molecule has 0 spiro atoms. The van der Waals surface area contributed by atoms with Crippen molar-refractivity contribution in [2.45, 2.75) is 45.3 Å². The van der Waals surface area contributed by atoms with Gasteiger partial charge in [0.15, 0.2) is 0 Å². The summed E-state index contributed by atoms with van der Waals surface area (Å²) in [6.07, 6.45) is 2.79. The van der Waals surface area contributed by atoms with E-state index in [0.717, 1.165) is 30.0 Å². The number of para-hydroxylation sites is 2. The van der Waals surface area contributed by atoms with Gasteiger partial charge in [0, 0.05) is 30.9 Å². The van der Waals surface area contributed by atoms with Crippen LogP contribution in [-0.2, 0) is 11.2 Å². The number of amides is 1. The summed E-state index contributed by atoms with van der Waals surface area (Å²) in [5.41, 5.74) is 1.67. The number of hydrogen-bond acceptors (Lipinski definition) is 5. The molecule has 0 aliphatic carbocycles. The van der Waals surface area contributed by atoms with Crippen LogP contribution in [0.15, 0.2) is 29.6 Å². The van der Waals surface area contributed by atoms with E-state index in [1.54, 1.807) is 29.5 Å². The van der Waals surface area contributed by atoms with Gasteiger partial charge in [-0.25, -0.2) is 4.98 Å². The summed E-state index contributed by atoms with van der Waals surface area (Å²) in [5.74, 6) is 0.184. The highest BCUT2D eigenvalue weighted by Gasteiger charge is 2.26. The number of benzene rings is 1. The van der Waals surface area contributed by atoms with Crippen LogP contribution in [0.1, 0.15) is 30.0 Å². The highest BCUT2D eigenvalue weighted by atomic mass is 32.1. The number of halogens is 2. The van der Waals surface area contributed by atoms with Crippen molar-refractivity contribution in [1.82, 2.24) is 10.3 Å². The van der Waals surface area contributed by atoms with E-state index in [1.165, 1.54) is 6.07 Å². The van der Waals surface area contributed by atoms with Gasteiger partial charge >= 0.3 is 6.61 Å². The molecule has 1 aromatic heterocycles. The second kappa shape index (κ2) is 9.12. The molecular formula is C19H23F2N3O2S. The lowest BCUT2D eigenvalue weighted by atomic mass is 10.2. The fourth-order valence-corrected chi connectivity index (χ4v) is 3.91. The summed E-state index contributed by atoms with van der Waals surface area (Å²) in [4.78, 5) is 18.5.